The second-order valence-electron chi connectivity index (χ2n) is 4.74. The van der Waals surface area contributed by atoms with Crippen LogP contribution in [-0.2, 0) is 0 Å². The number of benzene rings is 1. The monoisotopic (exact) mass is 286 g/mol. The zero-order valence-electron chi connectivity index (χ0n) is 11.4. The summed E-state index contributed by atoms with van der Waals surface area (Å²) in [6.07, 6.45) is 0.585. The predicted octanol–water partition coefficient (Wildman–Crippen LogP) is 3.04. The summed E-state index contributed by atoms with van der Waals surface area (Å²) in [6.45, 7) is 5.54. The lowest BCUT2D eigenvalue weighted by molar-refractivity contribution is -0.387. The van der Waals surface area contributed by atoms with Crippen molar-refractivity contribution in [1.82, 2.24) is 5.32 Å². The highest BCUT2D eigenvalue weighted by atomic mass is 19.1. The highest BCUT2D eigenvalue weighted by Crippen LogP contribution is 2.23. The van der Waals surface area contributed by atoms with E-state index in [0.29, 0.717) is 18.6 Å². The maximum Gasteiger partial charge on any atom is 0.305 e. The third-order valence-electron chi connectivity index (χ3n) is 3.06. The predicted molar refractivity (Wildman–Crippen MR) is 69.4 cm³/mol. The first-order valence-corrected chi connectivity index (χ1v) is 6.22. The molecular weight excluding hydrogens is 270 g/mol. The first-order chi connectivity index (χ1) is 9.29. The number of amides is 1. The third kappa shape index (κ3) is 3.28. The Bertz CT molecular complexity index is 533. The van der Waals surface area contributed by atoms with Crippen LogP contribution in [0, 0.1) is 27.7 Å². The average molecular weight is 286 g/mol. The van der Waals surface area contributed by atoms with E-state index in [0.717, 1.165) is 0 Å². The second-order valence-corrected chi connectivity index (χ2v) is 4.74. The molecule has 0 aliphatic heterocycles. The van der Waals surface area contributed by atoms with E-state index in [2.05, 4.69) is 5.32 Å². The van der Waals surface area contributed by atoms with E-state index < -0.39 is 33.7 Å². The lowest BCUT2D eigenvalue weighted by atomic mass is 10.0. The summed E-state index contributed by atoms with van der Waals surface area (Å²) in [7, 11) is 0. The van der Waals surface area contributed by atoms with E-state index in [-0.39, 0.29) is 12.0 Å². The summed E-state index contributed by atoms with van der Waals surface area (Å²) in [6, 6.07) is 1.15. The Labute approximate surface area is 115 Å². The molecule has 0 bridgehead atoms. The number of carbonyl (C=O) groups excluding carboxylic acids is 1. The number of halogens is 2. The number of nitrogens with zero attached hydrogens (tertiary/aromatic N) is 1. The quantitative estimate of drug-likeness (QED) is 0.668. The molecule has 0 aliphatic rings. The molecule has 0 aromatic heterocycles. The van der Waals surface area contributed by atoms with Crippen molar-refractivity contribution >= 4 is 11.6 Å². The summed E-state index contributed by atoms with van der Waals surface area (Å²) >= 11 is 0. The van der Waals surface area contributed by atoms with E-state index >= 15 is 0 Å². The molecule has 1 aromatic carbocycles. The number of rotatable bonds is 5. The summed E-state index contributed by atoms with van der Waals surface area (Å²) in [5, 5.41) is 13.1. The first kappa shape index (κ1) is 16.0. The molecule has 0 fully saturated rings. The van der Waals surface area contributed by atoms with Crippen LogP contribution in [0.2, 0.25) is 0 Å². The maximum atomic E-state index is 13.8. The zero-order valence-corrected chi connectivity index (χ0v) is 11.4. The third-order valence-corrected chi connectivity index (χ3v) is 3.06. The molecule has 1 atom stereocenters. The molecule has 1 aromatic rings. The lowest BCUT2D eigenvalue weighted by Crippen LogP contribution is -2.38. The van der Waals surface area contributed by atoms with Crippen LogP contribution in [0.5, 0.6) is 0 Å². The minimum Gasteiger partial charge on any atom is -0.349 e. The molecular formula is C13H16F2N2O3. The summed E-state index contributed by atoms with van der Waals surface area (Å²) in [5.74, 6) is -3.48. The Morgan fingerprint density at radius 3 is 2.45 bits per heavy atom. The topological polar surface area (TPSA) is 72.2 Å². The van der Waals surface area contributed by atoms with Crippen molar-refractivity contribution in [2.45, 2.75) is 33.2 Å². The van der Waals surface area contributed by atoms with Gasteiger partial charge in [-0.05, 0) is 18.4 Å². The molecule has 0 radical (unpaired) electrons. The first-order valence-electron chi connectivity index (χ1n) is 6.22. The minimum absolute atomic E-state index is 0.0776. The fraction of sp³-hybridized carbons (Fsp3) is 0.462. The van der Waals surface area contributed by atoms with Crippen molar-refractivity contribution < 1.29 is 18.5 Å². The van der Waals surface area contributed by atoms with Crippen molar-refractivity contribution in [1.29, 1.82) is 0 Å². The van der Waals surface area contributed by atoms with Crippen LogP contribution in [0.4, 0.5) is 14.5 Å². The Kier molecular flexibility index (Phi) is 5.12. The van der Waals surface area contributed by atoms with Crippen LogP contribution in [0.15, 0.2) is 12.1 Å². The van der Waals surface area contributed by atoms with E-state index in [1.54, 1.807) is 0 Å². The van der Waals surface area contributed by atoms with Crippen LogP contribution in [-0.4, -0.2) is 16.9 Å². The molecule has 5 nitrogen and oxygen atoms in total. The van der Waals surface area contributed by atoms with E-state index in [4.69, 9.17) is 0 Å². The van der Waals surface area contributed by atoms with Crippen molar-refractivity contribution in [3.8, 4) is 0 Å². The van der Waals surface area contributed by atoms with Crippen molar-refractivity contribution in [2.24, 2.45) is 5.92 Å². The maximum absolute atomic E-state index is 13.8. The molecule has 1 amide bonds. The molecule has 0 spiro atoms. The highest BCUT2D eigenvalue weighted by molar-refractivity contribution is 5.95. The number of nitro groups is 1. The summed E-state index contributed by atoms with van der Waals surface area (Å²) < 4.78 is 27.4. The molecule has 0 aliphatic carbocycles. The number of nitro benzene ring substituents is 1. The molecule has 1 N–H and O–H groups in total. The summed E-state index contributed by atoms with van der Waals surface area (Å²) in [4.78, 5) is 21.5. The van der Waals surface area contributed by atoms with Gasteiger partial charge in [-0.15, -0.1) is 0 Å². The Balaban J connectivity index is 3.16. The van der Waals surface area contributed by atoms with Crippen LogP contribution in [0.25, 0.3) is 0 Å². The Hall–Kier alpha value is -2.05. The Morgan fingerprint density at radius 2 is 2.00 bits per heavy atom. The van der Waals surface area contributed by atoms with E-state index in [1.165, 1.54) is 0 Å². The molecule has 1 rings (SSSR count). The molecule has 110 valence electrons. The number of hydrogen-bond donors (Lipinski definition) is 1. The number of nitrogens with one attached hydrogen (secondary N) is 1. The van der Waals surface area contributed by atoms with Gasteiger partial charge < -0.3 is 5.32 Å². The molecule has 0 heterocycles. The molecule has 20 heavy (non-hydrogen) atoms. The van der Waals surface area contributed by atoms with Gasteiger partial charge in [0.1, 0.15) is 11.4 Å². The smallest absolute Gasteiger partial charge is 0.305 e. The summed E-state index contributed by atoms with van der Waals surface area (Å²) in [5.41, 5.74) is -1.84. The van der Waals surface area contributed by atoms with Crippen molar-refractivity contribution in [2.75, 3.05) is 0 Å². The van der Waals surface area contributed by atoms with Crippen LogP contribution in [0.1, 0.15) is 37.6 Å². The highest BCUT2D eigenvalue weighted by Gasteiger charge is 2.27. The van der Waals surface area contributed by atoms with Crippen LogP contribution < -0.4 is 5.32 Å². The normalized spacial score (nSPS) is 12.3. The average Bonchev–Trinajstić information content (AvgIpc) is 2.35. The fourth-order valence-corrected chi connectivity index (χ4v) is 1.87. The van der Waals surface area contributed by atoms with E-state index in [1.807, 2.05) is 20.8 Å². The molecule has 7 heteroatoms. The number of carbonyl (C=O) groups is 1. The second kappa shape index (κ2) is 6.40. The fourth-order valence-electron chi connectivity index (χ4n) is 1.87. The lowest BCUT2D eigenvalue weighted by Gasteiger charge is -2.20. The van der Waals surface area contributed by atoms with Gasteiger partial charge in [0.2, 0.25) is 5.82 Å². The largest absolute Gasteiger partial charge is 0.349 e. The van der Waals surface area contributed by atoms with Gasteiger partial charge in [-0.3, -0.25) is 14.9 Å². The van der Waals surface area contributed by atoms with Gasteiger partial charge in [0, 0.05) is 12.1 Å². The van der Waals surface area contributed by atoms with Gasteiger partial charge in [-0.25, -0.2) is 4.39 Å². The van der Waals surface area contributed by atoms with Gasteiger partial charge in [-0.2, -0.15) is 4.39 Å². The molecule has 0 saturated heterocycles. The van der Waals surface area contributed by atoms with Crippen LogP contribution in [0.3, 0.4) is 0 Å². The molecule has 0 saturated carbocycles. The number of hydrogen-bond acceptors (Lipinski definition) is 3. The van der Waals surface area contributed by atoms with Gasteiger partial charge in [0.05, 0.1) is 4.92 Å². The molecule has 1 unspecified atom stereocenters. The standard InChI is InChI=1S/C13H16F2N2O3/c1-4-9(7(2)3)16-13(18)11-8(14)5-6-10(12(11)15)17(19)20/h5-7,9H,4H2,1-3H3,(H,16,18). The van der Waals surface area contributed by atoms with E-state index in [9.17, 15) is 23.7 Å². The van der Waals surface area contributed by atoms with Gasteiger partial charge >= 0.3 is 5.69 Å². The van der Waals surface area contributed by atoms with Gasteiger partial charge in [0.25, 0.3) is 5.91 Å². The zero-order chi connectivity index (χ0) is 15.4. The van der Waals surface area contributed by atoms with Crippen molar-refractivity contribution in [3.05, 3.63) is 39.4 Å². The van der Waals surface area contributed by atoms with Gasteiger partial charge in [0.15, 0.2) is 0 Å². The SMILES string of the molecule is CCC(NC(=O)c1c(F)ccc([N+](=O)[O-])c1F)C(C)C. The van der Waals surface area contributed by atoms with Crippen molar-refractivity contribution in [3.63, 3.8) is 0 Å². The van der Waals surface area contributed by atoms with Crippen LogP contribution >= 0.6 is 0 Å². The Morgan fingerprint density at radius 1 is 1.40 bits per heavy atom. The minimum atomic E-state index is -1.45. The van der Waals surface area contributed by atoms with Gasteiger partial charge in [-0.1, -0.05) is 20.8 Å².